The van der Waals surface area contributed by atoms with E-state index in [0.29, 0.717) is 6.07 Å². The molecule has 0 radical (unpaired) electrons. The highest BCUT2D eigenvalue weighted by Crippen LogP contribution is 2.29. The van der Waals surface area contributed by atoms with E-state index in [-0.39, 0.29) is 6.42 Å². The van der Waals surface area contributed by atoms with Crippen LogP contribution in [0.2, 0.25) is 5.02 Å². The molecule has 84 valence electrons. The standard InChI is InChI=1S/C9H8ClF3O2/c10-7-8(12)4(6(15)1-2-14)3-5(11)9(7)13/h3,6,14-15H,1-2H2. The molecule has 1 aromatic rings. The van der Waals surface area contributed by atoms with Crippen molar-refractivity contribution < 1.29 is 23.4 Å². The number of aliphatic hydroxyl groups excluding tert-OH is 2. The molecule has 0 bridgehead atoms. The monoisotopic (exact) mass is 240 g/mol. The molecule has 0 aliphatic carbocycles. The smallest absolute Gasteiger partial charge is 0.180 e. The Hall–Kier alpha value is -0.780. The van der Waals surface area contributed by atoms with E-state index in [0.717, 1.165) is 0 Å². The zero-order valence-corrected chi connectivity index (χ0v) is 8.23. The molecule has 1 aromatic carbocycles. The Bertz CT molecular complexity index is 371. The lowest BCUT2D eigenvalue weighted by molar-refractivity contribution is 0.130. The summed E-state index contributed by atoms with van der Waals surface area (Å²) < 4.78 is 38.8. The summed E-state index contributed by atoms with van der Waals surface area (Å²) in [6.45, 7) is -0.406. The Morgan fingerprint density at radius 3 is 2.40 bits per heavy atom. The van der Waals surface area contributed by atoms with Crippen molar-refractivity contribution in [1.82, 2.24) is 0 Å². The predicted molar refractivity (Wildman–Crippen MR) is 48.0 cm³/mol. The van der Waals surface area contributed by atoms with Gasteiger partial charge in [-0.15, -0.1) is 0 Å². The molecule has 1 rings (SSSR count). The van der Waals surface area contributed by atoms with Gasteiger partial charge in [-0.3, -0.25) is 0 Å². The predicted octanol–water partition coefficient (Wildman–Crippen LogP) is 2.17. The number of rotatable bonds is 3. The van der Waals surface area contributed by atoms with Crippen LogP contribution in [0.4, 0.5) is 13.2 Å². The van der Waals surface area contributed by atoms with Crippen LogP contribution in [0.1, 0.15) is 18.1 Å². The minimum absolute atomic E-state index is 0.182. The van der Waals surface area contributed by atoms with Gasteiger partial charge in [0.05, 0.1) is 6.10 Å². The van der Waals surface area contributed by atoms with Crippen molar-refractivity contribution in [3.8, 4) is 0 Å². The third kappa shape index (κ3) is 2.42. The molecular weight excluding hydrogens is 233 g/mol. The molecule has 2 N–H and O–H groups in total. The first-order chi connectivity index (χ1) is 6.99. The van der Waals surface area contributed by atoms with Crippen molar-refractivity contribution >= 4 is 11.6 Å². The highest BCUT2D eigenvalue weighted by molar-refractivity contribution is 6.31. The molecule has 0 saturated heterocycles. The topological polar surface area (TPSA) is 40.5 Å². The fraction of sp³-hybridized carbons (Fsp3) is 0.333. The van der Waals surface area contributed by atoms with Gasteiger partial charge in [0.2, 0.25) is 0 Å². The van der Waals surface area contributed by atoms with Gasteiger partial charge in [0.25, 0.3) is 0 Å². The van der Waals surface area contributed by atoms with E-state index < -0.39 is 40.7 Å². The SMILES string of the molecule is OCCC(O)c1cc(F)c(F)c(Cl)c1F. The molecule has 0 aromatic heterocycles. The molecule has 0 fully saturated rings. The van der Waals surface area contributed by atoms with Gasteiger partial charge in [0, 0.05) is 18.6 Å². The van der Waals surface area contributed by atoms with Crippen molar-refractivity contribution in [2.45, 2.75) is 12.5 Å². The summed E-state index contributed by atoms with van der Waals surface area (Å²) in [5.41, 5.74) is -0.465. The van der Waals surface area contributed by atoms with Gasteiger partial charge >= 0.3 is 0 Å². The molecule has 15 heavy (non-hydrogen) atoms. The molecule has 0 aliphatic rings. The number of hydrogen-bond acceptors (Lipinski definition) is 2. The highest BCUT2D eigenvalue weighted by atomic mass is 35.5. The van der Waals surface area contributed by atoms with Crippen molar-refractivity contribution in [3.63, 3.8) is 0 Å². The van der Waals surface area contributed by atoms with Crippen LogP contribution in [-0.4, -0.2) is 16.8 Å². The molecule has 0 saturated carbocycles. The van der Waals surface area contributed by atoms with Crippen LogP contribution in [0.3, 0.4) is 0 Å². The van der Waals surface area contributed by atoms with Crippen LogP contribution in [0.5, 0.6) is 0 Å². The van der Waals surface area contributed by atoms with Crippen LogP contribution < -0.4 is 0 Å². The number of hydrogen-bond donors (Lipinski definition) is 2. The van der Waals surface area contributed by atoms with Crippen molar-refractivity contribution in [2.75, 3.05) is 6.61 Å². The Kier molecular flexibility index (Phi) is 3.96. The lowest BCUT2D eigenvalue weighted by atomic mass is 10.1. The van der Waals surface area contributed by atoms with E-state index in [1.54, 1.807) is 0 Å². The largest absolute Gasteiger partial charge is 0.396 e. The molecule has 0 aliphatic heterocycles. The van der Waals surface area contributed by atoms with Crippen molar-refractivity contribution in [2.24, 2.45) is 0 Å². The molecule has 6 heteroatoms. The van der Waals surface area contributed by atoms with Gasteiger partial charge in [0.15, 0.2) is 17.5 Å². The maximum Gasteiger partial charge on any atom is 0.180 e. The van der Waals surface area contributed by atoms with Gasteiger partial charge < -0.3 is 10.2 Å². The quantitative estimate of drug-likeness (QED) is 0.628. The van der Waals surface area contributed by atoms with Gasteiger partial charge in [0.1, 0.15) is 5.02 Å². The minimum Gasteiger partial charge on any atom is -0.396 e. The maximum atomic E-state index is 13.2. The van der Waals surface area contributed by atoms with Gasteiger partial charge in [-0.05, 0) is 6.07 Å². The average Bonchev–Trinajstić information content (AvgIpc) is 2.20. The molecule has 0 spiro atoms. The first kappa shape index (κ1) is 12.3. The molecule has 1 atom stereocenters. The summed E-state index contributed by atoms with van der Waals surface area (Å²) >= 11 is 5.17. The Balaban J connectivity index is 3.19. The van der Waals surface area contributed by atoms with E-state index >= 15 is 0 Å². The third-order valence-corrected chi connectivity index (χ3v) is 2.22. The maximum absolute atomic E-state index is 13.2. The van der Waals surface area contributed by atoms with Crippen molar-refractivity contribution in [3.05, 3.63) is 34.1 Å². The van der Waals surface area contributed by atoms with Crippen molar-refractivity contribution in [1.29, 1.82) is 0 Å². The molecule has 1 unspecified atom stereocenters. The molecule has 0 amide bonds. The van der Waals surface area contributed by atoms with E-state index in [2.05, 4.69) is 0 Å². The van der Waals surface area contributed by atoms with E-state index in [4.69, 9.17) is 16.7 Å². The van der Waals surface area contributed by atoms with Crippen LogP contribution in [0.15, 0.2) is 6.07 Å². The van der Waals surface area contributed by atoms with E-state index in [1.807, 2.05) is 0 Å². The van der Waals surface area contributed by atoms with Crippen LogP contribution in [0, 0.1) is 17.5 Å². The number of halogens is 4. The van der Waals surface area contributed by atoms with Crippen LogP contribution >= 0.6 is 11.6 Å². The fourth-order valence-electron chi connectivity index (χ4n) is 1.11. The van der Waals surface area contributed by atoms with Gasteiger partial charge in [-0.25, -0.2) is 13.2 Å². The summed E-state index contributed by atoms with van der Waals surface area (Å²) in [6, 6.07) is 0.525. The second-order valence-electron chi connectivity index (χ2n) is 2.92. The summed E-state index contributed by atoms with van der Waals surface area (Å²) in [6.07, 6.45) is -1.60. The first-order valence-corrected chi connectivity index (χ1v) is 4.48. The zero-order chi connectivity index (χ0) is 11.6. The number of aliphatic hydroxyl groups is 2. The van der Waals surface area contributed by atoms with Crippen LogP contribution in [-0.2, 0) is 0 Å². The van der Waals surface area contributed by atoms with Gasteiger partial charge in [-0.2, -0.15) is 0 Å². The number of benzene rings is 1. The Morgan fingerprint density at radius 2 is 1.87 bits per heavy atom. The summed E-state index contributed by atoms with van der Waals surface area (Å²) in [7, 11) is 0. The van der Waals surface area contributed by atoms with Gasteiger partial charge in [-0.1, -0.05) is 11.6 Å². The molecular formula is C9H8ClF3O2. The molecule has 0 heterocycles. The zero-order valence-electron chi connectivity index (χ0n) is 7.48. The third-order valence-electron chi connectivity index (χ3n) is 1.89. The summed E-state index contributed by atoms with van der Waals surface area (Å²) in [5, 5.41) is 16.8. The first-order valence-electron chi connectivity index (χ1n) is 4.10. The average molecular weight is 241 g/mol. The van der Waals surface area contributed by atoms with E-state index in [9.17, 15) is 18.3 Å². The summed E-state index contributed by atoms with van der Waals surface area (Å²) in [4.78, 5) is 0. The fourth-order valence-corrected chi connectivity index (χ4v) is 1.31. The minimum atomic E-state index is -1.49. The lowest BCUT2D eigenvalue weighted by Crippen LogP contribution is -2.06. The lowest BCUT2D eigenvalue weighted by Gasteiger charge is -2.11. The second-order valence-corrected chi connectivity index (χ2v) is 3.30. The Labute approximate surface area is 88.9 Å². The van der Waals surface area contributed by atoms with Crippen LogP contribution in [0.25, 0.3) is 0 Å². The van der Waals surface area contributed by atoms with E-state index in [1.165, 1.54) is 0 Å². The molecule has 2 nitrogen and oxygen atoms in total. The summed E-state index contributed by atoms with van der Waals surface area (Å²) in [5.74, 6) is -4.04. The highest BCUT2D eigenvalue weighted by Gasteiger charge is 2.21. The Morgan fingerprint density at radius 1 is 1.27 bits per heavy atom. The second kappa shape index (κ2) is 4.83. The normalized spacial score (nSPS) is 12.9.